The Bertz CT molecular complexity index is 574. The second kappa shape index (κ2) is 6.16. The smallest absolute Gasteiger partial charge is 0.0762 e. The fourth-order valence-corrected chi connectivity index (χ4v) is 2.58. The summed E-state index contributed by atoms with van der Waals surface area (Å²) in [6.07, 6.45) is 1.90. The van der Waals surface area contributed by atoms with Crippen molar-refractivity contribution < 1.29 is 0 Å². The summed E-state index contributed by atoms with van der Waals surface area (Å²) in [6.45, 7) is 4.26. The van der Waals surface area contributed by atoms with Gasteiger partial charge in [0.1, 0.15) is 0 Å². The van der Waals surface area contributed by atoms with Gasteiger partial charge in [-0.05, 0) is 35.1 Å². The first-order valence-electron chi connectivity index (χ1n) is 6.62. The topological polar surface area (TPSA) is 26.0 Å². The molecule has 2 aromatic rings. The van der Waals surface area contributed by atoms with E-state index in [1.165, 1.54) is 22.3 Å². The zero-order valence-corrected chi connectivity index (χ0v) is 12.3. The molecule has 99 valence electrons. The van der Waals surface area contributed by atoms with Crippen LogP contribution in [0.2, 0.25) is 0 Å². The SMILES string of the molecule is C[C](C)C[C@H](Cc1ccc2ccccc2c1)C(N)=S. The Morgan fingerprint density at radius 1 is 1.11 bits per heavy atom. The molecule has 0 unspecified atom stereocenters. The van der Waals surface area contributed by atoms with Gasteiger partial charge in [-0.1, -0.05) is 68.5 Å². The summed E-state index contributed by atoms with van der Waals surface area (Å²) in [5.41, 5.74) is 7.17. The van der Waals surface area contributed by atoms with Crippen molar-refractivity contribution in [3.8, 4) is 0 Å². The van der Waals surface area contributed by atoms with Gasteiger partial charge in [0.25, 0.3) is 0 Å². The molecule has 1 nitrogen and oxygen atoms in total. The van der Waals surface area contributed by atoms with E-state index < -0.39 is 0 Å². The van der Waals surface area contributed by atoms with Crippen molar-refractivity contribution in [1.29, 1.82) is 0 Å². The second-order valence-corrected chi connectivity index (χ2v) is 5.87. The first-order valence-corrected chi connectivity index (χ1v) is 7.03. The van der Waals surface area contributed by atoms with Crippen LogP contribution < -0.4 is 5.73 Å². The summed E-state index contributed by atoms with van der Waals surface area (Å²) in [5, 5.41) is 2.55. The number of benzene rings is 2. The van der Waals surface area contributed by atoms with Crippen molar-refractivity contribution in [3.05, 3.63) is 53.9 Å². The first kappa shape index (κ1) is 14.0. The van der Waals surface area contributed by atoms with Crippen molar-refractivity contribution in [2.75, 3.05) is 0 Å². The molecular weight excluding hydrogens is 250 g/mol. The summed E-state index contributed by atoms with van der Waals surface area (Å²) in [4.78, 5) is 0.620. The van der Waals surface area contributed by atoms with Crippen LogP contribution in [0.5, 0.6) is 0 Å². The zero-order chi connectivity index (χ0) is 13.8. The molecule has 0 saturated carbocycles. The lowest BCUT2D eigenvalue weighted by Crippen LogP contribution is -2.24. The number of hydrogen-bond acceptors (Lipinski definition) is 1. The second-order valence-electron chi connectivity index (χ2n) is 5.40. The zero-order valence-electron chi connectivity index (χ0n) is 11.5. The quantitative estimate of drug-likeness (QED) is 0.820. The van der Waals surface area contributed by atoms with E-state index in [4.69, 9.17) is 18.0 Å². The largest absolute Gasteiger partial charge is 0.393 e. The Morgan fingerprint density at radius 2 is 1.79 bits per heavy atom. The Balaban J connectivity index is 2.21. The van der Waals surface area contributed by atoms with Crippen LogP contribution in [0.4, 0.5) is 0 Å². The Hall–Kier alpha value is -1.41. The Morgan fingerprint density at radius 3 is 2.42 bits per heavy atom. The van der Waals surface area contributed by atoms with E-state index >= 15 is 0 Å². The van der Waals surface area contributed by atoms with E-state index in [-0.39, 0.29) is 5.92 Å². The van der Waals surface area contributed by atoms with Gasteiger partial charge in [0.05, 0.1) is 4.99 Å². The molecule has 2 heteroatoms. The van der Waals surface area contributed by atoms with Crippen LogP contribution >= 0.6 is 12.2 Å². The van der Waals surface area contributed by atoms with Crippen molar-refractivity contribution in [3.63, 3.8) is 0 Å². The fourth-order valence-electron chi connectivity index (χ4n) is 2.42. The molecule has 19 heavy (non-hydrogen) atoms. The number of rotatable bonds is 5. The van der Waals surface area contributed by atoms with Gasteiger partial charge in [-0.25, -0.2) is 0 Å². The van der Waals surface area contributed by atoms with Gasteiger partial charge >= 0.3 is 0 Å². The van der Waals surface area contributed by atoms with Crippen LogP contribution in [0.3, 0.4) is 0 Å². The molecule has 0 aliphatic rings. The molecule has 0 heterocycles. The summed E-state index contributed by atoms with van der Waals surface area (Å²) < 4.78 is 0. The molecule has 0 amide bonds. The molecule has 1 radical (unpaired) electrons. The summed E-state index contributed by atoms with van der Waals surface area (Å²) in [7, 11) is 0. The van der Waals surface area contributed by atoms with Crippen LogP contribution in [0.25, 0.3) is 10.8 Å². The lowest BCUT2D eigenvalue weighted by Gasteiger charge is -2.17. The van der Waals surface area contributed by atoms with Crippen LogP contribution in [0.1, 0.15) is 25.8 Å². The fraction of sp³-hybridized carbons (Fsp3) is 0.294. The molecular formula is C17H20NS. The average Bonchev–Trinajstić information content (AvgIpc) is 2.37. The van der Waals surface area contributed by atoms with Crippen LogP contribution in [0.15, 0.2) is 42.5 Å². The van der Waals surface area contributed by atoms with Crippen molar-refractivity contribution in [2.45, 2.75) is 26.7 Å². The molecule has 2 N–H and O–H groups in total. The van der Waals surface area contributed by atoms with Gasteiger partial charge in [0, 0.05) is 5.92 Å². The molecule has 0 saturated heterocycles. The predicted molar refractivity (Wildman–Crippen MR) is 87.1 cm³/mol. The summed E-state index contributed by atoms with van der Waals surface area (Å²) in [5.74, 6) is 1.64. The molecule has 2 rings (SSSR count). The van der Waals surface area contributed by atoms with E-state index in [2.05, 4.69) is 56.3 Å². The molecule has 0 aliphatic carbocycles. The number of nitrogens with two attached hydrogens (primary N) is 1. The summed E-state index contributed by atoms with van der Waals surface area (Å²) >= 11 is 5.19. The van der Waals surface area contributed by atoms with E-state index in [0.717, 1.165) is 12.8 Å². The molecule has 0 spiro atoms. The third kappa shape index (κ3) is 3.77. The minimum Gasteiger partial charge on any atom is -0.393 e. The predicted octanol–water partition coefficient (Wildman–Crippen LogP) is 4.29. The maximum absolute atomic E-state index is 5.86. The van der Waals surface area contributed by atoms with Gasteiger partial charge in [-0.2, -0.15) is 0 Å². The molecule has 2 aromatic carbocycles. The van der Waals surface area contributed by atoms with E-state index in [1.54, 1.807) is 0 Å². The average molecular weight is 270 g/mol. The van der Waals surface area contributed by atoms with E-state index in [0.29, 0.717) is 4.99 Å². The number of hydrogen-bond donors (Lipinski definition) is 1. The third-order valence-electron chi connectivity index (χ3n) is 3.35. The van der Waals surface area contributed by atoms with Gasteiger partial charge < -0.3 is 5.73 Å². The van der Waals surface area contributed by atoms with Gasteiger partial charge in [0.15, 0.2) is 0 Å². The van der Waals surface area contributed by atoms with Crippen LogP contribution in [-0.2, 0) is 6.42 Å². The summed E-state index contributed by atoms with van der Waals surface area (Å²) in [6, 6.07) is 15.0. The van der Waals surface area contributed by atoms with Gasteiger partial charge in [-0.15, -0.1) is 0 Å². The highest BCUT2D eigenvalue weighted by Crippen LogP contribution is 2.22. The maximum atomic E-state index is 5.86. The highest BCUT2D eigenvalue weighted by Gasteiger charge is 2.15. The molecule has 0 aromatic heterocycles. The molecule has 1 atom stereocenters. The first-order chi connectivity index (χ1) is 9.06. The molecule has 0 bridgehead atoms. The van der Waals surface area contributed by atoms with Gasteiger partial charge in [-0.3, -0.25) is 0 Å². The highest BCUT2D eigenvalue weighted by molar-refractivity contribution is 7.80. The Labute approximate surface area is 120 Å². The number of thiocarbonyl (C=S) groups is 1. The Kier molecular flexibility index (Phi) is 4.54. The monoisotopic (exact) mass is 270 g/mol. The lowest BCUT2D eigenvalue weighted by atomic mass is 9.90. The van der Waals surface area contributed by atoms with Crippen molar-refractivity contribution >= 4 is 28.0 Å². The normalized spacial score (nSPS) is 12.8. The maximum Gasteiger partial charge on any atom is 0.0762 e. The van der Waals surface area contributed by atoms with Crippen LogP contribution in [0, 0.1) is 11.8 Å². The van der Waals surface area contributed by atoms with E-state index in [1.807, 2.05) is 0 Å². The number of fused-ring (bicyclic) bond motifs is 1. The standard InChI is InChI=1S/C17H20NS/c1-12(2)9-16(17(18)19)11-13-7-8-14-5-3-4-6-15(14)10-13/h3-8,10,16H,9,11H2,1-2H3,(H2,18,19)/t16-/m1/s1. The minimum absolute atomic E-state index is 0.265. The van der Waals surface area contributed by atoms with Crippen molar-refractivity contribution in [1.82, 2.24) is 0 Å². The molecule has 0 aliphatic heterocycles. The van der Waals surface area contributed by atoms with Gasteiger partial charge in [0.2, 0.25) is 0 Å². The highest BCUT2D eigenvalue weighted by atomic mass is 32.1. The minimum atomic E-state index is 0.265. The van der Waals surface area contributed by atoms with Crippen molar-refractivity contribution in [2.24, 2.45) is 11.7 Å². The third-order valence-corrected chi connectivity index (χ3v) is 3.69. The molecule has 0 fully saturated rings. The van der Waals surface area contributed by atoms with Crippen LogP contribution in [-0.4, -0.2) is 4.99 Å². The van der Waals surface area contributed by atoms with E-state index in [9.17, 15) is 0 Å². The lowest BCUT2D eigenvalue weighted by molar-refractivity contribution is 0.637.